The first-order valence-corrected chi connectivity index (χ1v) is 7.86. The lowest BCUT2D eigenvalue weighted by Crippen LogP contribution is -2.47. The molecule has 1 unspecified atom stereocenters. The Balaban J connectivity index is 1.46. The zero-order valence-corrected chi connectivity index (χ0v) is 12.6. The summed E-state index contributed by atoms with van der Waals surface area (Å²) in [6, 6.07) is 3.79. The number of rotatable bonds is 4. The average molecular weight is 296 g/mol. The van der Waals surface area contributed by atoms with Crippen molar-refractivity contribution in [2.24, 2.45) is 5.92 Å². The molecule has 0 bridgehead atoms. The van der Waals surface area contributed by atoms with Gasteiger partial charge in [-0.2, -0.15) is 0 Å². The number of hydrogen-bond acceptors (Lipinski definition) is 4. The van der Waals surface area contributed by atoms with Crippen LogP contribution in [0, 0.1) is 5.92 Å². The zero-order valence-electron chi connectivity index (χ0n) is 11.8. The van der Waals surface area contributed by atoms with Crippen LogP contribution in [-0.4, -0.2) is 55.8 Å². The van der Waals surface area contributed by atoms with Gasteiger partial charge in [0.1, 0.15) is 5.82 Å². The van der Waals surface area contributed by atoms with Crippen molar-refractivity contribution in [3.63, 3.8) is 0 Å². The van der Waals surface area contributed by atoms with E-state index in [4.69, 9.17) is 16.3 Å². The van der Waals surface area contributed by atoms with Crippen molar-refractivity contribution in [2.75, 3.05) is 50.8 Å². The predicted molar refractivity (Wildman–Crippen MR) is 81.4 cm³/mol. The molecule has 0 amide bonds. The molecule has 0 aromatic carbocycles. The van der Waals surface area contributed by atoms with Gasteiger partial charge in [-0.3, -0.25) is 4.90 Å². The van der Waals surface area contributed by atoms with Crippen LogP contribution >= 0.6 is 11.6 Å². The van der Waals surface area contributed by atoms with E-state index in [-0.39, 0.29) is 0 Å². The Kier molecular flexibility index (Phi) is 4.76. The second-order valence-corrected chi connectivity index (χ2v) is 6.06. The molecule has 3 heterocycles. The number of hydrogen-bond donors (Lipinski definition) is 0. The van der Waals surface area contributed by atoms with Crippen molar-refractivity contribution in [2.45, 2.75) is 12.8 Å². The molecule has 20 heavy (non-hydrogen) atoms. The molecule has 5 heteroatoms. The minimum absolute atomic E-state index is 0.754. The topological polar surface area (TPSA) is 28.6 Å². The molecule has 4 nitrogen and oxygen atoms in total. The van der Waals surface area contributed by atoms with Gasteiger partial charge in [-0.15, -0.1) is 0 Å². The fraction of sp³-hybridized carbons (Fsp3) is 0.667. The van der Waals surface area contributed by atoms with E-state index in [1.807, 2.05) is 18.3 Å². The molecule has 0 saturated carbocycles. The minimum atomic E-state index is 0.754. The number of piperazine rings is 1. The van der Waals surface area contributed by atoms with Gasteiger partial charge in [-0.25, -0.2) is 4.98 Å². The van der Waals surface area contributed by atoms with Crippen LogP contribution in [0.2, 0.25) is 5.02 Å². The van der Waals surface area contributed by atoms with Crippen LogP contribution in [-0.2, 0) is 4.74 Å². The Hall–Kier alpha value is -0.840. The van der Waals surface area contributed by atoms with Crippen LogP contribution in [0.15, 0.2) is 18.3 Å². The largest absolute Gasteiger partial charge is 0.381 e. The summed E-state index contributed by atoms with van der Waals surface area (Å²) in [4.78, 5) is 9.23. The Bertz CT molecular complexity index is 429. The molecular formula is C15H22ClN3O. The summed E-state index contributed by atoms with van der Waals surface area (Å²) in [6.45, 7) is 7.33. The highest BCUT2D eigenvalue weighted by Crippen LogP contribution is 2.23. The minimum Gasteiger partial charge on any atom is -0.381 e. The lowest BCUT2D eigenvalue weighted by molar-refractivity contribution is 0.176. The maximum absolute atomic E-state index is 6.21. The van der Waals surface area contributed by atoms with E-state index in [1.165, 1.54) is 19.4 Å². The predicted octanol–water partition coefficient (Wildman–Crippen LogP) is 2.28. The summed E-state index contributed by atoms with van der Waals surface area (Å²) in [5.74, 6) is 1.70. The molecule has 2 aliphatic heterocycles. The van der Waals surface area contributed by atoms with Crippen LogP contribution in [0.25, 0.3) is 0 Å². The molecule has 1 aromatic heterocycles. The van der Waals surface area contributed by atoms with E-state index >= 15 is 0 Å². The molecule has 0 spiro atoms. The normalized spacial score (nSPS) is 24.2. The monoisotopic (exact) mass is 295 g/mol. The molecule has 0 radical (unpaired) electrons. The van der Waals surface area contributed by atoms with Gasteiger partial charge >= 0.3 is 0 Å². The maximum atomic E-state index is 6.21. The molecule has 2 aliphatic rings. The van der Waals surface area contributed by atoms with Crippen LogP contribution in [0.5, 0.6) is 0 Å². The van der Waals surface area contributed by atoms with Crippen LogP contribution in [0.1, 0.15) is 12.8 Å². The van der Waals surface area contributed by atoms with E-state index < -0.39 is 0 Å². The SMILES string of the molecule is Clc1cccnc1N1CCN(CCC2CCOC2)CC1. The van der Waals surface area contributed by atoms with E-state index in [2.05, 4.69) is 14.8 Å². The zero-order chi connectivity index (χ0) is 13.8. The van der Waals surface area contributed by atoms with Gasteiger partial charge in [0.25, 0.3) is 0 Å². The Morgan fingerprint density at radius 2 is 2.15 bits per heavy atom. The number of nitrogens with zero attached hydrogens (tertiary/aromatic N) is 3. The second-order valence-electron chi connectivity index (χ2n) is 5.66. The van der Waals surface area contributed by atoms with Gasteiger partial charge in [0.2, 0.25) is 0 Å². The first kappa shape index (κ1) is 14.1. The number of ether oxygens (including phenoxy) is 1. The highest BCUT2D eigenvalue weighted by atomic mass is 35.5. The first-order chi connectivity index (χ1) is 9.83. The number of pyridine rings is 1. The van der Waals surface area contributed by atoms with Crippen molar-refractivity contribution < 1.29 is 4.74 Å². The maximum Gasteiger partial charge on any atom is 0.147 e. The first-order valence-electron chi connectivity index (χ1n) is 7.48. The molecular weight excluding hydrogens is 274 g/mol. The van der Waals surface area contributed by atoms with Crippen LogP contribution < -0.4 is 4.90 Å². The van der Waals surface area contributed by atoms with Crippen molar-refractivity contribution in [3.8, 4) is 0 Å². The third-order valence-corrected chi connectivity index (χ3v) is 4.58. The van der Waals surface area contributed by atoms with Crippen molar-refractivity contribution >= 4 is 17.4 Å². The Labute approximate surface area is 125 Å². The molecule has 2 fully saturated rings. The quantitative estimate of drug-likeness (QED) is 0.852. The number of halogens is 1. The lowest BCUT2D eigenvalue weighted by atomic mass is 10.0. The number of anilines is 1. The molecule has 1 atom stereocenters. The van der Waals surface area contributed by atoms with Gasteiger partial charge in [-0.05, 0) is 37.4 Å². The van der Waals surface area contributed by atoms with Gasteiger partial charge < -0.3 is 9.64 Å². The van der Waals surface area contributed by atoms with E-state index in [9.17, 15) is 0 Å². The van der Waals surface area contributed by atoms with E-state index in [0.29, 0.717) is 0 Å². The summed E-state index contributed by atoms with van der Waals surface area (Å²) < 4.78 is 5.44. The second kappa shape index (κ2) is 6.74. The fourth-order valence-electron chi connectivity index (χ4n) is 2.97. The summed E-state index contributed by atoms with van der Waals surface area (Å²) in [7, 11) is 0. The highest BCUT2D eigenvalue weighted by Gasteiger charge is 2.21. The summed E-state index contributed by atoms with van der Waals surface area (Å²) in [6.07, 6.45) is 4.32. The summed E-state index contributed by atoms with van der Waals surface area (Å²) in [5.41, 5.74) is 0. The molecule has 2 saturated heterocycles. The van der Waals surface area contributed by atoms with E-state index in [1.54, 1.807) is 0 Å². The Morgan fingerprint density at radius 1 is 1.30 bits per heavy atom. The van der Waals surface area contributed by atoms with Gasteiger partial charge in [0.05, 0.1) is 5.02 Å². The summed E-state index contributed by atoms with van der Waals surface area (Å²) in [5, 5.41) is 0.754. The third kappa shape index (κ3) is 3.43. The standard InChI is InChI=1S/C15H22ClN3O/c16-14-2-1-5-17-15(14)19-9-7-18(8-10-19)6-3-13-4-11-20-12-13/h1-2,5,13H,3-4,6-12H2. The van der Waals surface area contributed by atoms with Crippen LogP contribution in [0.3, 0.4) is 0 Å². The lowest BCUT2D eigenvalue weighted by Gasteiger charge is -2.36. The third-order valence-electron chi connectivity index (χ3n) is 4.29. The molecule has 0 N–H and O–H groups in total. The molecule has 0 aliphatic carbocycles. The van der Waals surface area contributed by atoms with Crippen molar-refractivity contribution in [1.82, 2.24) is 9.88 Å². The van der Waals surface area contributed by atoms with Gasteiger partial charge in [-0.1, -0.05) is 11.6 Å². The summed E-state index contributed by atoms with van der Waals surface area (Å²) >= 11 is 6.21. The van der Waals surface area contributed by atoms with Crippen LogP contribution in [0.4, 0.5) is 5.82 Å². The Morgan fingerprint density at radius 3 is 2.85 bits per heavy atom. The van der Waals surface area contributed by atoms with Gasteiger partial charge in [0, 0.05) is 45.6 Å². The van der Waals surface area contributed by atoms with Gasteiger partial charge in [0.15, 0.2) is 0 Å². The smallest absolute Gasteiger partial charge is 0.147 e. The molecule has 3 rings (SSSR count). The highest BCUT2D eigenvalue weighted by molar-refractivity contribution is 6.32. The molecule has 110 valence electrons. The average Bonchev–Trinajstić information content (AvgIpc) is 3.00. The number of aromatic nitrogens is 1. The van der Waals surface area contributed by atoms with Crippen molar-refractivity contribution in [1.29, 1.82) is 0 Å². The fourth-order valence-corrected chi connectivity index (χ4v) is 3.21. The molecule has 1 aromatic rings. The van der Waals surface area contributed by atoms with E-state index in [0.717, 1.165) is 56.2 Å². The van der Waals surface area contributed by atoms with Crippen molar-refractivity contribution in [3.05, 3.63) is 23.4 Å².